The Morgan fingerprint density at radius 1 is 1.13 bits per heavy atom. The fraction of sp³-hybridized carbons (Fsp3) is 0.0714. The van der Waals surface area contributed by atoms with Gasteiger partial charge in [0.15, 0.2) is 0 Å². The molecule has 0 atom stereocenters. The highest BCUT2D eigenvalue weighted by molar-refractivity contribution is 5.52. The van der Waals surface area contributed by atoms with Crippen LogP contribution in [-0.2, 0) is 6.54 Å². The molecule has 6 nitrogen and oxygen atoms in total. The minimum absolute atomic E-state index is 0.180. The molecule has 0 aliphatic heterocycles. The van der Waals surface area contributed by atoms with Crippen molar-refractivity contribution < 1.29 is 13.2 Å². The van der Waals surface area contributed by atoms with Gasteiger partial charge in [0.1, 0.15) is 23.3 Å². The van der Waals surface area contributed by atoms with Crippen LogP contribution in [0.5, 0.6) is 0 Å². The maximum absolute atomic E-state index is 13.6. The van der Waals surface area contributed by atoms with Crippen molar-refractivity contribution in [1.82, 2.24) is 20.2 Å². The number of H-pyrrole nitrogens is 1. The number of benzene rings is 1. The van der Waals surface area contributed by atoms with Gasteiger partial charge < -0.3 is 10.6 Å². The quantitative estimate of drug-likeness (QED) is 0.673. The molecule has 9 heteroatoms. The van der Waals surface area contributed by atoms with Crippen LogP contribution in [0, 0.1) is 17.5 Å². The SMILES string of the molecule is Fc1cc(F)c(CNc2ccnc(Nc3cn[nH]c3)n2)c(F)c1. The average Bonchev–Trinajstić information content (AvgIpc) is 2.99. The molecule has 0 aliphatic rings. The molecule has 23 heavy (non-hydrogen) atoms. The zero-order chi connectivity index (χ0) is 16.2. The highest BCUT2D eigenvalue weighted by atomic mass is 19.1. The normalized spacial score (nSPS) is 10.6. The van der Waals surface area contributed by atoms with Crippen molar-refractivity contribution in [2.75, 3.05) is 10.6 Å². The fourth-order valence-corrected chi connectivity index (χ4v) is 1.89. The van der Waals surface area contributed by atoms with Gasteiger partial charge in [-0.15, -0.1) is 0 Å². The number of nitrogens with zero attached hydrogens (tertiary/aromatic N) is 3. The highest BCUT2D eigenvalue weighted by Crippen LogP contribution is 2.17. The molecule has 0 spiro atoms. The molecule has 3 N–H and O–H groups in total. The molecule has 1 aromatic carbocycles. The van der Waals surface area contributed by atoms with E-state index in [4.69, 9.17) is 0 Å². The lowest BCUT2D eigenvalue weighted by atomic mass is 10.2. The third-order valence-corrected chi connectivity index (χ3v) is 2.96. The first-order valence-corrected chi connectivity index (χ1v) is 6.58. The summed E-state index contributed by atoms with van der Waals surface area (Å²) < 4.78 is 40.0. The second-order valence-corrected chi connectivity index (χ2v) is 4.58. The van der Waals surface area contributed by atoms with E-state index < -0.39 is 17.5 Å². The minimum Gasteiger partial charge on any atom is -0.366 e. The summed E-state index contributed by atoms with van der Waals surface area (Å²) in [6.45, 7) is -0.180. The van der Waals surface area contributed by atoms with Gasteiger partial charge >= 0.3 is 0 Å². The smallest absolute Gasteiger partial charge is 0.229 e. The van der Waals surface area contributed by atoms with Gasteiger partial charge in [0.2, 0.25) is 5.95 Å². The van der Waals surface area contributed by atoms with E-state index in [9.17, 15) is 13.2 Å². The van der Waals surface area contributed by atoms with Crippen molar-refractivity contribution in [1.29, 1.82) is 0 Å². The van der Waals surface area contributed by atoms with E-state index in [1.54, 1.807) is 18.5 Å². The van der Waals surface area contributed by atoms with Crippen molar-refractivity contribution in [2.24, 2.45) is 0 Å². The summed E-state index contributed by atoms with van der Waals surface area (Å²) in [7, 11) is 0. The lowest BCUT2D eigenvalue weighted by Crippen LogP contribution is -2.07. The molecule has 0 saturated carbocycles. The van der Waals surface area contributed by atoms with Crippen LogP contribution in [0.2, 0.25) is 0 Å². The number of anilines is 3. The second kappa shape index (κ2) is 6.34. The lowest BCUT2D eigenvalue weighted by molar-refractivity contribution is 0.526. The predicted octanol–water partition coefficient (Wildman–Crippen LogP) is 2.97. The fourth-order valence-electron chi connectivity index (χ4n) is 1.89. The third kappa shape index (κ3) is 3.57. The number of nitrogens with one attached hydrogen (secondary N) is 3. The molecular weight excluding hydrogens is 309 g/mol. The first-order chi connectivity index (χ1) is 11.1. The summed E-state index contributed by atoms with van der Waals surface area (Å²) >= 11 is 0. The Morgan fingerprint density at radius 2 is 1.91 bits per heavy atom. The highest BCUT2D eigenvalue weighted by Gasteiger charge is 2.11. The van der Waals surface area contributed by atoms with Crippen LogP contribution in [0.15, 0.2) is 36.8 Å². The van der Waals surface area contributed by atoms with Crippen LogP contribution >= 0.6 is 0 Å². The molecule has 3 rings (SSSR count). The van der Waals surface area contributed by atoms with Crippen LogP contribution < -0.4 is 10.6 Å². The van der Waals surface area contributed by atoms with Crippen LogP contribution in [0.4, 0.5) is 30.6 Å². The number of hydrogen-bond donors (Lipinski definition) is 3. The van der Waals surface area contributed by atoms with Crippen molar-refractivity contribution in [3.63, 3.8) is 0 Å². The van der Waals surface area contributed by atoms with Gasteiger partial charge in [-0.05, 0) is 6.07 Å². The lowest BCUT2D eigenvalue weighted by Gasteiger charge is -2.09. The average molecular weight is 320 g/mol. The number of aromatic nitrogens is 4. The van der Waals surface area contributed by atoms with E-state index >= 15 is 0 Å². The van der Waals surface area contributed by atoms with E-state index in [2.05, 4.69) is 30.8 Å². The molecule has 0 amide bonds. The maximum Gasteiger partial charge on any atom is 0.229 e. The van der Waals surface area contributed by atoms with Crippen LogP contribution in [0.3, 0.4) is 0 Å². The van der Waals surface area contributed by atoms with E-state index in [1.807, 2.05) is 0 Å². The first kappa shape index (κ1) is 14.8. The Hall–Kier alpha value is -3.10. The Balaban J connectivity index is 1.71. The Morgan fingerprint density at radius 3 is 2.61 bits per heavy atom. The standard InChI is InChI=1S/C14H11F3N6/c15-8-3-11(16)10(12(17)4-8)7-19-13-1-2-18-14(23-13)22-9-5-20-21-6-9/h1-6H,7H2,(H,20,21)(H2,18,19,22,23). The monoisotopic (exact) mass is 320 g/mol. The number of rotatable bonds is 5. The van der Waals surface area contributed by atoms with Gasteiger partial charge in [-0.1, -0.05) is 0 Å². The largest absolute Gasteiger partial charge is 0.366 e. The Labute approximate surface area is 128 Å². The van der Waals surface area contributed by atoms with Gasteiger partial charge in [-0.25, -0.2) is 18.2 Å². The van der Waals surface area contributed by atoms with Crippen LogP contribution in [0.1, 0.15) is 5.56 Å². The van der Waals surface area contributed by atoms with Crippen LogP contribution in [-0.4, -0.2) is 20.2 Å². The second-order valence-electron chi connectivity index (χ2n) is 4.58. The molecule has 0 unspecified atom stereocenters. The Kier molecular flexibility index (Phi) is 4.09. The number of halogens is 3. The summed E-state index contributed by atoms with van der Waals surface area (Å²) in [5.41, 5.74) is 0.395. The zero-order valence-electron chi connectivity index (χ0n) is 11.6. The van der Waals surface area contributed by atoms with Gasteiger partial charge in [0, 0.05) is 36.6 Å². The maximum atomic E-state index is 13.6. The molecule has 2 heterocycles. The van der Waals surface area contributed by atoms with Crippen LogP contribution in [0.25, 0.3) is 0 Å². The van der Waals surface area contributed by atoms with E-state index in [-0.39, 0.29) is 18.1 Å². The molecule has 0 bridgehead atoms. The van der Waals surface area contributed by atoms with E-state index in [0.29, 0.717) is 23.6 Å². The zero-order valence-corrected chi connectivity index (χ0v) is 11.6. The summed E-state index contributed by atoms with van der Waals surface area (Å²) in [5.74, 6) is -2.23. The summed E-state index contributed by atoms with van der Waals surface area (Å²) in [6.07, 6.45) is 4.65. The molecule has 0 saturated heterocycles. The third-order valence-electron chi connectivity index (χ3n) is 2.96. The Bertz CT molecular complexity index is 783. The summed E-state index contributed by atoms with van der Waals surface area (Å²) in [5, 5.41) is 12.1. The first-order valence-electron chi connectivity index (χ1n) is 6.58. The van der Waals surface area contributed by atoms with Gasteiger partial charge in [-0.3, -0.25) is 5.10 Å². The molecule has 118 valence electrons. The molecule has 0 fully saturated rings. The van der Waals surface area contributed by atoms with Crippen molar-refractivity contribution in [2.45, 2.75) is 6.54 Å². The molecule has 0 radical (unpaired) electrons. The van der Waals surface area contributed by atoms with Crippen molar-refractivity contribution >= 4 is 17.5 Å². The van der Waals surface area contributed by atoms with Gasteiger partial charge in [-0.2, -0.15) is 10.1 Å². The molecular formula is C14H11F3N6. The topological polar surface area (TPSA) is 78.5 Å². The van der Waals surface area contributed by atoms with E-state index in [0.717, 1.165) is 0 Å². The van der Waals surface area contributed by atoms with Crippen molar-refractivity contribution in [3.05, 3.63) is 59.8 Å². The predicted molar refractivity (Wildman–Crippen MR) is 77.5 cm³/mol. The molecule has 3 aromatic rings. The van der Waals surface area contributed by atoms with Gasteiger partial charge in [0.05, 0.1) is 11.9 Å². The van der Waals surface area contributed by atoms with E-state index in [1.165, 1.54) is 6.20 Å². The summed E-state index contributed by atoms with van der Waals surface area (Å²) in [4.78, 5) is 8.16. The van der Waals surface area contributed by atoms with Gasteiger partial charge in [0.25, 0.3) is 0 Å². The minimum atomic E-state index is -0.961. The number of aromatic amines is 1. The summed E-state index contributed by atoms with van der Waals surface area (Å²) in [6, 6.07) is 2.80. The molecule has 2 aromatic heterocycles. The van der Waals surface area contributed by atoms with Crippen molar-refractivity contribution in [3.8, 4) is 0 Å². The number of hydrogen-bond acceptors (Lipinski definition) is 5. The molecule has 0 aliphatic carbocycles.